The van der Waals surface area contributed by atoms with Gasteiger partial charge in [0, 0.05) is 11.6 Å². The minimum atomic E-state index is -3.60. The lowest BCUT2D eigenvalue weighted by Crippen LogP contribution is -2.57. The summed E-state index contributed by atoms with van der Waals surface area (Å²) in [4.78, 5) is 11.1. The van der Waals surface area contributed by atoms with Crippen molar-refractivity contribution in [2.45, 2.75) is 56.5 Å². The van der Waals surface area contributed by atoms with Gasteiger partial charge in [-0.05, 0) is 32.2 Å². The molecule has 2 fully saturated rings. The highest BCUT2D eigenvalue weighted by Gasteiger charge is 2.38. The van der Waals surface area contributed by atoms with Crippen molar-refractivity contribution in [1.29, 1.82) is 0 Å². The van der Waals surface area contributed by atoms with E-state index in [4.69, 9.17) is 0 Å². The molecule has 2 rings (SSSR count). The number of piperidine rings is 1. The largest absolute Gasteiger partial charge is 0.468 e. The van der Waals surface area contributed by atoms with Gasteiger partial charge in [0.15, 0.2) is 5.75 Å². The van der Waals surface area contributed by atoms with E-state index >= 15 is 0 Å². The molecule has 0 aromatic rings. The fourth-order valence-electron chi connectivity index (χ4n) is 3.38. The van der Waals surface area contributed by atoms with Crippen molar-refractivity contribution in [3.8, 4) is 0 Å². The lowest BCUT2D eigenvalue weighted by Gasteiger charge is -2.44. The number of sulfonamides is 1. The van der Waals surface area contributed by atoms with Gasteiger partial charge in [-0.3, -0.25) is 4.79 Å². The van der Waals surface area contributed by atoms with Crippen LogP contribution in [-0.2, 0) is 19.6 Å². The molecule has 1 atom stereocenters. The topological polar surface area (TPSA) is 84.5 Å². The SMILES string of the molecule is COC(=O)CS(=O)(=O)NC1CCNC2(CCCCC2)C1. The number of carbonyl (C=O) groups excluding carboxylic acids is 1. The molecule has 1 unspecified atom stereocenters. The quantitative estimate of drug-likeness (QED) is 0.740. The first kappa shape index (κ1) is 15.7. The summed E-state index contributed by atoms with van der Waals surface area (Å²) in [7, 11) is -2.41. The zero-order valence-corrected chi connectivity index (χ0v) is 12.8. The van der Waals surface area contributed by atoms with Crippen molar-refractivity contribution in [1.82, 2.24) is 10.0 Å². The van der Waals surface area contributed by atoms with E-state index in [-0.39, 0.29) is 11.6 Å². The number of hydrogen-bond donors (Lipinski definition) is 2. The minimum absolute atomic E-state index is 0.0796. The highest BCUT2D eigenvalue weighted by molar-refractivity contribution is 7.90. The highest BCUT2D eigenvalue weighted by atomic mass is 32.2. The number of rotatable bonds is 4. The Labute approximate surface area is 120 Å². The average Bonchev–Trinajstić information content (AvgIpc) is 2.38. The molecule has 116 valence electrons. The summed E-state index contributed by atoms with van der Waals surface area (Å²) < 4.78 is 30.9. The van der Waals surface area contributed by atoms with E-state index in [9.17, 15) is 13.2 Å². The van der Waals surface area contributed by atoms with E-state index < -0.39 is 21.7 Å². The van der Waals surface area contributed by atoms with E-state index in [2.05, 4.69) is 14.8 Å². The second-order valence-electron chi connectivity index (χ2n) is 5.91. The number of esters is 1. The number of ether oxygens (including phenoxy) is 1. The first-order chi connectivity index (χ1) is 9.45. The molecule has 1 aliphatic carbocycles. The first-order valence-corrected chi connectivity index (χ1v) is 8.92. The molecule has 7 heteroatoms. The van der Waals surface area contributed by atoms with Gasteiger partial charge in [-0.25, -0.2) is 13.1 Å². The summed E-state index contributed by atoms with van der Waals surface area (Å²) in [5, 5.41) is 3.58. The van der Waals surface area contributed by atoms with E-state index in [1.54, 1.807) is 0 Å². The summed E-state index contributed by atoms with van der Waals surface area (Å²) in [5.41, 5.74) is 0.0922. The monoisotopic (exact) mass is 304 g/mol. The van der Waals surface area contributed by atoms with Crippen molar-refractivity contribution in [2.75, 3.05) is 19.4 Å². The van der Waals surface area contributed by atoms with Gasteiger partial charge >= 0.3 is 5.97 Å². The molecule has 0 aromatic heterocycles. The predicted molar refractivity (Wildman–Crippen MR) is 75.8 cm³/mol. The van der Waals surface area contributed by atoms with Crippen LogP contribution < -0.4 is 10.0 Å². The molecule has 0 bridgehead atoms. The zero-order valence-electron chi connectivity index (χ0n) is 12.0. The molecular weight excluding hydrogens is 280 g/mol. The molecule has 0 radical (unpaired) electrons. The van der Waals surface area contributed by atoms with Gasteiger partial charge in [-0.15, -0.1) is 0 Å². The maximum absolute atomic E-state index is 11.9. The second kappa shape index (κ2) is 6.41. The maximum Gasteiger partial charge on any atom is 0.322 e. The van der Waals surface area contributed by atoms with Crippen LogP contribution in [0.2, 0.25) is 0 Å². The Bertz CT molecular complexity index is 438. The fraction of sp³-hybridized carbons (Fsp3) is 0.923. The van der Waals surface area contributed by atoms with Gasteiger partial charge < -0.3 is 10.1 Å². The van der Waals surface area contributed by atoms with E-state index in [1.165, 1.54) is 26.4 Å². The number of methoxy groups -OCH3 is 1. The van der Waals surface area contributed by atoms with Gasteiger partial charge in [0.25, 0.3) is 0 Å². The molecule has 0 aromatic carbocycles. The van der Waals surface area contributed by atoms with Crippen LogP contribution in [0.25, 0.3) is 0 Å². The summed E-state index contributed by atoms with van der Waals surface area (Å²) in [6, 6.07) is -0.0796. The Hall–Kier alpha value is -0.660. The van der Waals surface area contributed by atoms with Crippen LogP contribution in [0.15, 0.2) is 0 Å². The Balaban J connectivity index is 1.94. The lowest BCUT2D eigenvalue weighted by molar-refractivity contribution is -0.137. The molecule has 1 aliphatic heterocycles. The lowest BCUT2D eigenvalue weighted by atomic mass is 9.75. The van der Waals surface area contributed by atoms with Gasteiger partial charge in [-0.1, -0.05) is 19.3 Å². The van der Waals surface area contributed by atoms with Crippen LogP contribution in [0.5, 0.6) is 0 Å². The Morgan fingerprint density at radius 3 is 2.70 bits per heavy atom. The molecule has 1 saturated carbocycles. The van der Waals surface area contributed by atoms with E-state index in [0.717, 1.165) is 32.2 Å². The van der Waals surface area contributed by atoms with Crippen LogP contribution in [-0.4, -0.2) is 45.4 Å². The molecule has 1 heterocycles. The predicted octanol–water partition coefficient (Wildman–Crippen LogP) is 0.534. The van der Waals surface area contributed by atoms with Gasteiger partial charge in [0.2, 0.25) is 10.0 Å². The van der Waals surface area contributed by atoms with Crippen LogP contribution in [0.4, 0.5) is 0 Å². The van der Waals surface area contributed by atoms with Gasteiger partial charge in [-0.2, -0.15) is 0 Å². The fourth-order valence-corrected chi connectivity index (χ4v) is 4.60. The normalized spacial score (nSPS) is 26.4. The second-order valence-corrected chi connectivity index (χ2v) is 7.66. The number of carbonyl (C=O) groups is 1. The van der Waals surface area contributed by atoms with Crippen molar-refractivity contribution in [2.24, 2.45) is 0 Å². The summed E-state index contributed by atoms with van der Waals surface area (Å²) in [6.45, 7) is 0.825. The smallest absolute Gasteiger partial charge is 0.322 e. The Kier molecular flexibility index (Phi) is 5.04. The molecule has 2 aliphatic rings. The van der Waals surface area contributed by atoms with Gasteiger partial charge in [0.05, 0.1) is 7.11 Å². The summed E-state index contributed by atoms with van der Waals surface area (Å²) in [6.07, 6.45) is 7.48. The molecule has 20 heavy (non-hydrogen) atoms. The van der Waals surface area contributed by atoms with Crippen LogP contribution in [0.3, 0.4) is 0 Å². The standard InChI is InChI=1S/C13H24N2O4S/c1-19-12(16)10-20(17,18)15-11-5-8-14-13(9-11)6-3-2-4-7-13/h11,14-15H,2-10H2,1H3. The van der Waals surface area contributed by atoms with Crippen molar-refractivity contribution < 1.29 is 17.9 Å². The van der Waals surface area contributed by atoms with Crippen molar-refractivity contribution in [3.05, 3.63) is 0 Å². The average molecular weight is 304 g/mol. The third-order valence-corrected chi connectivity index (χ3v) is 5.63. The molecule has 1 saturated heterocycles. The third-order valence-electron chi connectivity index (χ3n) is 4.32. The molecule has 6 nitrogen and oxygen atoms in total. The number of hydrogen-bond acceptors (Lipinski definition) is 5. The summed E-state index contributed by atoms with van der Waals surface area (Å²) >= 11 is 0. The van der Waals surface area contributed by atoms with Crippen molar-refractivity contribution in [3.63, 3.8) is 0 Å². The summed E-state index contributed by atoms with van der Waals surface area (Å²) in [5.74, 6) is -1.32. The van der Waals surface area contributed by atoms with Crippen LogP contribution in [0, 0.1) is 0 Å². The molecule has 0 amide bonds. The van der Waals surface area contributed by atoms with Gasteiger partial charge in [0.1, 0.15) is 0 Å². The van der Waals surface area contributed by atoms with E-state index in [0.29, 0.717) is 0 Å². The molecule has 2 N–H and O–H groups in total. The number of nitrogens with one attached hydrogen (secondary N) is 2. The minimum Gasteiger partial charge on any atom is -0.468 e. The Morgan fingerprint density at radius 1 is 1.35 bits per heavy atom. The zero-order chi connectivity index (χ0) is 14.6. The molecule has 1 spiro atoms. The third kappa shape index (κ3) is 4.17. The maximum atomic E-state index is 11.9. The van der Waals surface area contributed by atoms with Crippen LogP contribution in [0.1, 0.15) is 44.9 Å². The van der Waals surface area contributed by atoms with E-state index in [1.807, 2.05) is 0 Å². The van der Waals surface area contributed by atoms with Crippen LogP contribution >= 0.6 is 0 Å². The van der Waals surface area contributed by atoms with Crippen molar-refractivity contribution >= 4 is 16.0 Å². The first-order valence-electron chi connectivity index (χ1n) is 7.27. The molecular formula is C13H24N2O4S. The highest BCUT2D eigenvalue weighted by Crippen LogP contribution is 2.34. The Morgan fingerprint density at radius 2 is 2.05 bits per heavy atom.